The third-order valence-electron chi connectivity index (χ3n) is 6.17. The van der Waals surface area contributed by atoms with Crippen LogP contribution in [0.25, 0.3) is 11.1 Å². The van der Waals surface area contributed by atoms with E-state index in [-0.39, 0.29) is 23.7 Å². The van der Waals surface area contributed by atoms with E-state index in [1.54, 1.807) is 0 Å². The van der Waals surface area contributed by atoms with Gasteiger partial charge in [0.15, 0.2) is 17.4 Å². The normalized spacial score (nSPS) is 19.0. The quantitative estimate of drug-likeness (QED) is 0.321. The summed E-state index contributed by atoms with van der Waals surface area (Å²) in [5.74, 6) is -2.82. The number of hydrogen-bond donors (Lipinski definition) is 0. The van der Waals surface area contributed by atoms with E-state index in [0.29, 0.717) is 12.0 Å². The number of halogens is 6. The van der Waals surface area contributed by atoms with Crippen LogP contribution in [0.3, 0.4) is 0 Å². The van der Waals surface area contributed by atoms with Gasteiger partial charge in [-0.05, 0) is 53.6 Å². The molecule has 1 saturated carbocycles. The fourth-order valence-corrected chi connectivity index (χ4v) is 4.46. The van der Waals surface area contributed by atoms with Crippen LogP contribution < -0.4 is 9.47 Å². The van der Waals surface area contributed by atoms with E-state index < -0.39 is 30.1 Å². The van der Waals surface area contributed by atoms with Crippen molar-refractivity contribution in [3.8, 4) is 22.6 Å². The van der Waals surface area contributed by atoms with Crippen LogP contribution in [0.1, 0.15) is 58.3 Å². The Morgan fingerprint density at radius 2 is 1.42 bits per heavy atom. The molecule has 0 spiro atoms. The first kappa shape index (κ1) is 25.2. The molecular weight excluding hydrogens is 446 g/mol. The largest absolute Gasteiger partial charge is 0.433 e. The number of hydrogen-bond acceptors (Lipinski definition) is 2. The summed E-state index contributed by atoms with van der Waals surface area (Å²) in [6.45, 7) is -1.21. The van der Waals surface area contributed by atoms with E-state index in [0.717, 1.165) is 50.2 Å². The Labute approximate surface area is 189 Å². The lowest BCUT2D eigenvalue weighted by molar-refractivity contribution is -0.183. The van der Waals surface area contributed by atoms with Crippen LogP contribution in [0, 0.1) is 23.5 Å². The van der Waals surface area contributed by atoms with Crippen molar-refractivity contribution >= 4 is 0 Å². The lowest BCUT2D eigenvalue weighted by Crippen LogP contribution is -2.26. The molecule has 0 aromatic heterocycles. The standard InChI is InChI=1S/C25H28F6O2/c1-2-3-16-4-6-17(7-5-16)12-13-25(30,31)33-20-10-8-18(9-11-20)19-14-21(26)23(22(27)15-19)32-24(28)29/h8-11,14-17,24H,2-7,12-13H2,1H3. The molecule has 1 aliphatic carbocycles. The highest BCUT2D eigenvalue weighted by atomic mass is 19.3. The van der Waals surface area contributed by atoms with Gasteiger partial charge in [0.1, 0.15) is 5.75 Å². The molecule has 0 heterocycles. The smallest absolute Gasteiger partial charge is 0.397 e. The van der Waals surface area contributed by atoms with E-state index in [9.17, 15) is 26.3 Å². The molecule has 3 rings (SSSR count). The van der Waals surface area contributed by atoms with Crippen molar-refractivity contribution in [2.75, 3.05) is 0 Å². The van der Waals surface area contributed by atoms with Crippen molar-refractivity contribution in [3.05, 3.63) is 48.0 Å². The van der Waals surface area contributed by atoms with Gasteiger partial charge in [0, 0.05) is 0 Å². The molecule has 0 radical (unpaired) electrons. The van der Waals surface area contributed by atoms with E-state index >= 15 is 0 Å². The van der Waals surface area contributed by atoms with Crippen LogP contribution in [0.4, 0.5) is 26.3 Å². The molecule has 0 bridgehead atoms. The molecule has 0 unspecified atom stereocenters. The Kier molecular flexibility index (Phi) is 8.54. The van der Waals surface area contributed by atoms with Gasteiger partial charge in [0.2, 0.25) is 0 Å². The first-order chi connectivity index (χ1) is 15.7. The van der Waals surface area contributed by atoms with Crippen LogP contribution >= 0.6 is 0 Å². The van der Waals surface area contributed by atoms with Crippen LogP contribution in [0.2, 0.25) is 0 Å². The number of benzene rings is 2. The maximum absolute atomic E-state index is 14.3. The highest BCUT2D eigenvalue weighted by Gasteiger charge is 2.33. The van der Waals surface area contributed by atoms with Crippen LogP contribution in [0.5, 0.6) is 11.5 Å². The Hall–Kier alpha value is -2.38. The molecule has 33 heavy (non-hydrogen) atoms. The average molecular weight is 474 g/mol. The van der Waals surface area contributed by atoms with Crippen molar-refractivity contribution in [3.63, 3.8) is 0 Å². The maximum atomic E-state index is 14.3. The van der Waals surface area contributed by atoms with Crippen molar-refractivity contribution in [2.45, 2.75) is 71.0 Å². The third-order valence-corrected chi connectivity index (χ3v) is 6.17. The van der Waals surface area contributed by atoms with Crippen molar-refractivity contribution in [1.29, 1.82) is 0 Å². The van der Waals surface area contributed by atoms with Crippen molar-refractivity contribution in [1.82, 2.24) is 0 Å². The van der Waals surface area contributed by atoms with Crippen LogP contribution in [-0.2, 0) is 0 Å². The minimum atomic E-state index is -3.37. The van der Waals surface area contributed by atoms with E-state index in [1.165, 1.54) is 30.7 Å². The predicted octanol–water partition coefficient (Wildman–Crippen LogP) is 8.59. The maximum Gasteiger partial charge on any atom is 0.397 e. The fraction of sp³-hybridized carbons (Fsp3) is 0.520. The summed E-state index contributed by atoms with van der Waals surface area (Å²) in [4.78, 5) is 0. The van der Waals surface area contributed by atoms with Gasteiger partial charge in [-0.3, -0.25) is 0 Å². The van der Waals surface area contributed by atoms with Crippen LogP contribution in [-0.4, -0.2) is 12.7 Å². The van der Waals surface area contributed by atoms with Gasteiger partial charge in [0.25, 0.3) is 0 Å². The molecule has 1 fully saturated rings. The lowest BCUT2D eigenvalue weighted by Gasteiger charge is -2.29. The number of rotatable bonds is 10. The molecule has 0 N–H and O–H groups in total. The monoisotopic (exact) mass is 474 g/mol. The van der Waals surface area contributed by atoms with E-state index in [4.69, 9.17) is 4.74 Å². The zero-order valence-electron chi connectivity index (χ0n) is 18.4. The van der Waals surface area contributed by atoms with Gasteiger partial charge < -0.3 is 9.47 Å². The molecule has 0 aliphatic heterocycles. The molecule has 2 aromatic carbocycles. The molecule has 8 heteroatoms. The Balaban J connectivity index is 1.56. The summed E-state index contributed by atoms with van der Waals surface area (Å²) in [5.41, 5.74) is 0.347. The van der Waals surface area contributed by atoms with Gasteiger partial charge in [-0.2, -0.15) is 17.6 Å². The van der Waals surface area contributed by atoms with Crippen LogP contribution in [0.15, 0.2) is 36.4 Å². The minimum absolute atomic E-state index is 0.0450. The summed E-state index contributed by atoms with van der Waals surface area (Å²) in [5, 5.41) is 0. The van der Waals surface area contributed by atoms with Gasteiger partial charge in [-0.15, -0.1) is 0 Å². The fourth-order valence-electron chi connectivity index (χ4n) is 4.46. The first-order valence-electron chi connectivity index (χ1n) is 11.3. The Morgan fingerprint density at radius 3 is 1.94 bits per heavy atom. The molecule has 1 aliphatic rings. The number of alkyl halides is 4. The zero-order chi connectivity index (χ0) is 24.0. The third kappa shape index (κ3) is 7.30. The first-order valence-corrected chi connectivity index (χ1v) is 11.3. The summed E-state index contributed by atoms with van der Waals surface area (Å²) in [6, 6.07) is 6.95. The Bertz CT molecular complexity index is 869. The second kappa shape index (κ2) is 11.2. The summed E-state index contributed by atoms with van der Waals surface area (Å²) >= 11 is 0. The molecule has 0 saturated heterocycles. The lowest BCUT2D eigenvalue weighted by atomic mass is 9.78. The summed E-state index contributed by atoms with van der Waals surface area (Å²) in [6.07, 6.45) is 3.21. The number of ether oxygens (including phenoxy) is 2. The highest BCUT2D eigenvalue weighted by molar-refractivity contribution is 5.65. The van der Waals surface area contributed by atoms with E-state index in [1.807, 2.05) is 0 Å². The van der Waals surface area contributed by atoms with Crippen molar-refractivity contribution in [2.24, 2.45) is 11.8 Å². The highest BCUT2D eigenvalue weighted by Crippen LogP contribution is 2.37. The second-order valence-electron chi connectivity index (χ2n) is 8.63. The Morgan fingerprint density at radius 1 is 0.879 bits per heavy atom. The summed E-state index contributed by atoms with van der Waals surface area (Å²) < 4.78 is 89.8. The molecule has 2 aromatic rings. The second-order valence-corrected chi connectivity index (χ2v) is 8.63. The van der Waals surface area contributed by atoms with Gasteiger partial charge >= 0.3 is 12.7 Å². The average Bonchev–Trinajstić information content (AvgIpc) is 2.76. The summed E-state index contributed by atoms with van der Waals surface area (Å²) in [7, 11) is 0. The van der Waals surface area contributed by atoms with Crippen molar-refractivity contribution < 1.29 is 35.8 Å². The topological polar surface area (TPSA) is 18.5 Å². The molecule has 2 nitrogen and oxygen atoms in total. The zero-order valence-corrected chi connectivity index (χ0v) is 18.4. The van der Waals surface area contributed by atoms with Gasteiger partial charge in [-0.1, -0.05) is 57.6 Å². The van der Waals surface area contributed by atoms with Gasteiger partial charge in [-0.25, -0.2) is 8.78 Å². The SMILES string of the molecule is CCCC1CCC(CCC(F)(F)Oc2ccc(-c3cc(F)c(OC(F)F)c(F)c3)cc2)CC1. The predicted molar refractivity (Wildman–Crippen MR) is 114 cm³/mol. The van der Waals surface area contributed by atoms with Gasteiger partial charge in [0.05, 0.1) is 6.42 Å². The molecule has 0 atom stereocenters. The molecule has 182 valence electrons. The molecular formula is C25H28F6O2. The minimum Gasteiger partial charge on any atom is -0.433 e. The molecule has 0 amide bonds. The van der Waals surface area contributed by atoms with E-state index in [2.05, 4.69) is 11.7 Å².